The SMILES string of the molecule is COC(=O)CNCc1nnc(C)o1. The highest BCUT2D eigenvalue weighted by Gasteiger charge is 2.03. The van der Waals surface area contributed by atoms with E-state index in [1.54, 1.807) is 6.92 Å². The molecule has 0 spiro atoms. The summed E-state index contributed by atoms with van der Waals surface area (Å²) in [6.07, 6.45) is 0. The normalized spacial score (nSPS) is 10.0. The summed E-state index contributed by atoms with van der Waals surface area (Å²) in [6, 6.07) is 0. The Labute approximate surface area is 75.3 Å². The fourth-order valence-corrected chi connectivity index (χ4v) is 0.753. The van der Waals surface area contributed by atoms with E-state index in [-0.39, 0.29) is 12.5 Å². The molecule has 0 unspecified atom stereocenters. The zero-order valence-corrected chi connectivity index (χ0v) is 7.53. The summed E-state index contributed by atoms with van der Waals surface area (Å²) in [5.41, 5.74) is 0. The summed E-state index contributed by atoms with van der Waals surface area (Å²) in [4.78, 5) is 10.7. The first-order valence-electron chi connectivity index (χ1n) is 3.79. The van der Waals surface area contributed by atoms with Crippen LogP contribution in [0.25, 0.3) is 0 Å². The van der Waals surface area contributed by atoms with Gasteiger partial charge in [-0.25, -0.2) is 0 Å². The summed E-state index contributed by atoms with van der Waals surface area (Å²) in [7, 11) is 1.33. The van der Waals surface area contributed by atoms with Gasteiger partial charge in [0.25, 0.3) is 0 Å². The number of aromatic nitrogens is 2. The summed E-state index contributed by atoms with van der Waals surface area (Å²) in [6.45, 7) is 2.21. The van der Waals surface area contributed by atoms with E-state index in [0.29, 0.717) is 18.3 Å². The number of nitrogens with zero attached hydrogens (tertiary/aromatic N) is 2. The minimum absolute atomic E-state index is 0.137. The Morgan fingerprint density at radius 3 is 2.92 bits per heavy atom. The van der Waals surface area contributed by atoms with Crippen molar-refractivity contribution < 1.29 is 13.9 Å². The van der Waals surface area contributed by atoms with Crippen LogP contribution in [0.15, 0.2) is 4.42 Å². The van der Waals surface area contributed by atoms with Gasteiger partial charge in [0.1, 0.15) is 0 Å². The van der Waals surface area contributed by atoms with Crippen molar-refractivity contribution >= 4 is 5.97 Å². The van der Waals surface area contributed by atoms with E-state index in [0.717, 1.165) is 0 Å². The third-order valence-corrected chi connectivity index (χ3v) is 1.34. The summed E-state index contributed by atoms with van der Waals surface area (Å²) >= 11 is 0. The minimum atomic E-state index is -0.323. The maximum atomic E-state index is 10.7. The number of methoxy groups -OCH3 is 1. The lowest BCUT2D eigenvalue weighted by molar-refractivity contribution is -0.139. The predicted octanol–water partition coefficient (Wildman–Crippen LogP) is -0.359. The number of nitrogens with one attached hydrogen (secondary N) is 1. The van der Waals surface area contributed by atoms with Gasteiger partial charge >= 0.3 is 5.97 Å². The largest absolute Gasteiger partial charge is 0.468 e. The second kappa shape index (κ2) is 4.56. The molecule has 0 radical (unpaired) electrons. The molecule has 6 heteroatoms. The third-order valence-electron chi connectivity index (χ3n) is 1.34. The Morgan fingerprint density at radius 1 is 1.62 bits per heavy atom. The van der Waals surface area contributed by atoms with Crippen LogP contribution in [0.2, 0.25) is 0 Å². The van der Waals surface area contributed by atoms with Crippen molar-refractivity contribution in [2.75, 3.05) is 13.7 Å². The number of hydrogen-bond acceptors (Lipinski definition) is 6. The molecule has 1 heterocycles. The lowest BCUT2D eigenvalue weighted by Gasteiger charge is -1.98. The average molecular weight is 185 g/mol. The van der Waals surface area contributed by atoms with Crippen LogP contribution in [0, 0.1) is 6.92 Å². The van der Waals surface area contributed by atoms with Crippen LogP contribution >= 0.6 is 0 Å². The summed E-state index contributed by atoms with van der Waals surface area (Å²) in [5, 5.41) is 10.2. The van der Waals surface area contributed by atoms with Crippen molar-refractivity contribution in [2.45, 2.75) is 13.5 Å². The van der Waals surface area contributed by atoms with Gasteiger partial charge in [-0.15, -0.1) is 10.2 Å². The fourth-order valence-electron chi connectivity index (χ4n) is 0.753. The van der Waals surface area contributed by atoms with Crippen molar-refractivity contribution in [3.05, 3.63) is 11.8 Å². The molecule has 1 aromatic rings. The van der Waals surface area contributed by atoms with Gasteiger partial charge in [0, 0.05) is 6.92 Å². The Balaban J connectivity index is 2.24. The minimum Gasteiger partial charge on any atom is -0.468 e. The molecule has 6 nitrogen and oxygen atoms in total. The van der Waals surface area contributed by atoms with E-state index < -0.39 is 0 Å². The van der Waals surface area contributed by atoms with Crippen LogP contribution in [0.4, 0.5) is 0 Å². The Bertz CT molecular complexity index is 284. The highest BCUT2D eigenvalue weighted by molar-refractivity contribution is 5.71. The van der Waals surface area contributed by atoms with Crippen molar-refractivity contribution in [1.29, 1.82) is 0 Å². The molecule has 13 heavy (non-hydrogen) atoms. The molecule has 0 aliphatic heterocycles. The summed E-state index contributed by atoms with van der Waals surface area (Å²) in [5.74, 6) is 0.646. The van der Waals surface area contributed by atoms with E-state index in [9.17, 15) is 4.79 Å². The van der Waals surface area contributed by atoms with Crippen LogP contribution in [-0.4, -0.2) is 29.8 Å². The number of rotatable bonds is 4. The number of aryl methyl sites for hydroxylation is 1. The first-order chi connectivity index (χ1) is 6.22. The van der Waals surface area contributed by atoms with Crippen molar-refractivity contribution in [1.82, 2.24) is 15.5 Å². The molecule has 0 aromatic carbocycles. The Kier molecular flexibility index (Phi) is 3.39. The number of carbonyl (C=O) groups is 1. The smallest absolute Gasteiger partial charge is 0.319 e. The maximum Gasteiger partial charge on any atom is 0.319 e. The van der Waals surface area contributed by atoms with Crippen molar-refractivity contribution in [3.8, 4) is 0 Å². The molecular weight excluding hydrogens is 174 g/mol. The van der Waals surface area contributed by atoms with Gasteiger partial charge in [-0.1, -0.05) is 0 Å². The topological polar surface area (TPSA) is 77.2 Å². The quantitative estimate of drug-likeness (QED) is 0.645. The molecule has 0 aliphatic rings. The Hall–Kier alpha value is -1.43. The zero-order valence-electron chi connectivity index (χ0n) is 7.53. The second-order valence-electron chi connectivity index (χ2n) is 2.39. The maximum absolute atomic E-state index is 10.7. The molecule has 0 bridgehead atoms. The zero-order chi connectivity index (χ0) is 9.68. The van der Waals surface area contributed by atoms with Crippen molar-refractivity contribution in [2.24, 2.45) is 0 Å². The molecule has 0 saturated heterocycles. The predicted molar refractivity (Wildman–Crippen MR) is 42.8 cm³/mol. The molecule has 0 aliphatic carbocycles. The molecule has 1 aromatic heterocycles. The van der Waals surface area contributed by atoms with E-state index in [1.165, 1.54) is 7.11 Å². The highest BCUT2D eigenvalue weighted by atomic mass is 16.5. The van der Waals surface area contributed by atoms with Gasteiger partial charge in [0.2, 0.25) is 11.8 Å². The highest BCUT2D eigenvalue weighted by Crippen LogP contribution is 1.95. The third kappa shape index (κ3) is 3.20. The first-order valence-corrected chi connectivity index (χ1v) is 3.79. The van der Waals surface area contributed by atoms with Gasteiger partial charge in [-0.3, -0.25) is 10.1 Å². The number of ether oxygens (including phenoxy) is 1. The molecular formula is C7H11N3O3. The molecule has 0 saturated carbocycles. The monoisotopic (exact) mass is 185 g/mol. The summed E-state index contributed by atoms with van der Waals surface area (Å²) < 4.78 is 9.49. The number of esters is 1. The van der Waals surface area contributed by atoms with E-state index in [2.05, 4.69) is 20.3 Å². The lowest BCUT2D eigenvalue weighted by Crippen LogP contribution is -2.23. The van der Waals surface area contributed by atoms with E-state index in [1.807, 2.05) is 0 Å². The van der Waals surface area contributed by atoms with Crippen molar-refractivity contribution in [3.63, 3.8) is 0 Å². The molecule has 0 amide bonds. The van der Waals surface area contributed by atoms with Gasteiger partial charge in [0.15, 0.2) is 0 Å². The van der Waals surface area contributed by atoms with E-state index in [4.69, 9.17) is 4.42 Å². The van der Waals surface area contributed by atoms with Gasteiger partial charge < -0.3 is 9.15 Å². The van der Waals surface area contributed by atoms with Crippen LogP contribution in [0.3, 0.4) is 0 Å². The van der Waals surface area contributed by atoms with Gasteiger partial charge in [-0.05, 0) is 0 Å². The van der Waals surface area contributed by atoms with Gasteiger partial charge in [-0.2, -0.15) is 0 Å². The number of hydrogen-bond donors (Lipinski definition) is 1. The Morgan fingerprint density at radius 2 is 2.38 bits per heavy atom. The lowest BCUT2D eigenvalue weighted by atomic mass is 10.6. The average Bonchev–Trinajstić information content (AvgIpc) is 2.51. The molecule has 1 N–H and O–H groups in total. The van der Waals surface area contributed by atoms with Gasteiger partial charge in [0.05, 0.1) is 20.2 Å². The molecule has 72 valence electrons. The standard InChI is InChI=1S/C7H11N3O3/c1-5-9-10-6(13-5)3-8-4-7(11)12-2/h8H,3-4H2,1-2H3. The molecule has 1 rings (SSSR count). The van der Waals surface area contributed by atoms with Crippen LogP contribution in [0.5, 0.6) is 0 Å². The van der Waals surface area contributed by atoms with Crippen LogP contribution in [-0.2, 0) is 16.1 Å². The number of carbonyl (C=O) groups excluding carboxylic acids is 1. The van der Waals surface area contributed by atoms with Crippen LogP contribution < -0.4 is 5.32 Å². The first kappa shape index (κ1) is 9.66. The second-order valence-corrected chi connectivity index (χ2v) is 2.39. The van der Waals surface area contributed by atoms with E-state index >= 15 is 0 Å². The van der Waals surface area contributed by atoms with Crippen LogP contribution in [0.1, 0.15) is 11.8 Å². The molecule has 0 atom stereocenters. The fraction of sp³-hybridized carbons (Fsp3) is 0.571. The molecule has 0 fully saturated rings.